The fourth-order valence-electron chi connectivity index (χ4n) is 2.09. The Morgan fingerprint density at radius 1 is 1.47 bits per heavy atom. The average molecular weight is 239 g/mol. The Labute approximate surface area is 102 Å². The molecule has 1 fully saturated rings. The monoisotopic (exact) mass is 239 g/mol. The van der Waals surface area contributed by atoms with Gasteiger partial charge in [-0.05, 0) is 32.6 Å². The lowest BCUT2D eigenvalue weighted by molar-refractivity contribution is 0.0477. The molecule has 5 heteroatoms. The van der Waals surface area contributed by atoms with Gasteiger partial charge < -0.3 is 15.0 Å². The largest absolute Gasteiger partial charge is 0.370 e. The van der Waals surface area contributed by atoms with Gasteiger partial charge in [-0.2, -0.15) is 4.98 Å². The number of hydrogen-bond acceptors (Lipinski definition) is 5. The molecule has 0 spiro atoms. The fourth-order valence-corrected chi connectivity index (χ4v) is 2.09. The number of aromatic nitrogens is 2. The Kier molecular flexibility index (Phi) is 3.79. The second kappa shape index (κ2) is 5.14. The standard InChI is InChI=1S/C12H21N3O2/c1-3-6-9(16-4-2)10-14-11(17-15-10)12(13)7-5-8-12/h9H,3-8,13H2,1-2H3. The van der Waals surface area contributed by atoms with E-state index in [1.807, 2.05) is 6.92 Å². The molecule has 1 saturated carbocycles. The maximum atomic E-state index is 6.15. The summed E-state index contributed by atoms with van der Waals surface area (Å²) >= 11 is 0. The molecule has 1 aliphatic rings. The minimum absolute atomic E-state index is 0.0637. The van der Waals surface area contributed by atoms with Crippen LogP contribution in [0.25, 0.3) is 0 Å². The quantitative estimate of drug-likeness (QED) is 0.824. The molecule has 0 saturated heterocycles. The highest BCUT2D eigenvalue weighted by Crippen LogP contribution is 2.38. The highest BCUT2D eigenvalue weighted by atomic mass is 16.5. The number of hydrogen-bond donors (Lipinski definition) is 1. The molecule has 1 aromatic rings. The summed E-state index contributed by atoms with van der Waals surface area (Å²) in [6, 6.07) is 0. The minimum atomic E-state index is -0.381. The molecule has 1 unspecified atom stereocenters. The Balaban J connectivity index is 2.09. The first kappa shape index (κ1) is 12.5. The van der Waals surface area contributed by atoms with Gasteiger partial charge in [0.25, 0.3) is 0 Å². The fraction of sp³-hybridized carbons (Fsp3) is 0.833. The third-order valence-electron chi connectivity index (χ3n) is 3.32. The molecule has 0 radical (unpaired) electrons. The van der Waals surface area contributed by atoms with E-state index < -0.39 is 0 Å². The van der Waals surface area contributed by atoms with Gasteiger partial charge in [0, 0.05) is 6.61 Å². The highest BCUT2D eigenvalue weighted by Gasteiger charge is 2.40. The van der Waals surface area contributed by atoms with Crippen molar-refractivity contribution in [1.29, 1.82) is 0 Å². The van der Waals surface area contributed by atoms with E-state index in [0.29, 0.717) is 18.3 Å². The van der Waals surface area contributed by atoms with E-state index in [1.165, 1.54) is 0 Å². The van der Waals surface area contributed by atoms with Gasteiger partial charge in [0.1, 0.15) is 6.10 Å². The maximum absolute atomic E-state index is 6.15. The number of ether oxygens (including phenoxy) is 1. The molecule has 0 bridgehead atoms. The lowest BCUT2D eigenvalue weighted by Gasteiger charge is -2.33. The van der Waals surface area contributed by atoms with Crippen LogP contribution in [0.3, 0.4) is 0 Å². The van der Waals surface area contributed by atoms with E-state index in [1.54, 1.807) is 0 Å². The topological polar surface area (TPSA) is 74.2 Å². The molecule has 17 heavy (non-hydrogen) atoms. The van der Waals surface area contributed by atoms with Crippen LogP contribution in [0.15, 0.2) is 4.52 Å². The van der Waals surface area contributed by atoms with Crippen LogP contribution in [0.2, 0.25) is 0 Å². The second-order valence-electron chi connectivity index (χ2n) is 4.70. The van der Waals surface area contributed by atoms with Gasteiger partial charge in [0.15, 0.2) is 0 Å². The molecule has 2 rings (SSSR count). The van der Waals surface area contributed by atoms with Crippen molar-refractivity contribution in [3.63, 3.8) is 0 Å². The van der Waals surface area contributed by atoms with Crippen LogP contribution in [0, 0.1) is 0 Å². The predicted molar refractivity (Wildman–Crippen MR) is 63.3 cm³/mol. The number of rotatable bonds is 6. The van der Waals surface area contributed by atoms with Crippen LogP contribution >= 0.6 is 0 Å². The van der Waals surface area contributed by atoms with Crippen molar-refractivity contribution in [2.24, 2.45) is 5.73 Å². The summed E-state index contributed by atoms with van der Waals surface area (Å²) in [6.07, 6.45) is 4.87. The number of nitrogens with two attached hydrogens (primary N) is 1. The van der Waals surface area contributed by atoms with Crippen molar-refractivity contribution in [3.05, 3.63) is 11.7 Å². The molecule has 1 aromatic heterocycles. The van der Waals surface area contributed by atoms with Crippen LogP contribution in [0.4, 0.5) is 0 Å². The summed E-state index contributed by atoms with van der Waals surface area (Å²) in [6.45, 7) is 4.74. The van der Waals surface area contributed by atoms with Crippen molar-refractivity contribution in [2.75, 3.05) is 6.61 Å². The maximum Gasteiger partial charge on any atom is 0.246 e. The first-order valence-electron chi connectivity index (χ1n) is 6.44. The average Bonchev–Trinajstić information content (AvgIpc) is 2.75. The van der Waals surface area contributed by atoms with E-state index >= 15 is 0 Å². The molecule has 2 N–H and O–H groups in total. The Hall–Kier alpha value is -0.940. The van der Waals surface area contributed by atoms with Crippen LogP contribution in [-0.4, -0.2) is 16.7 Å². The van der Waals surface area contributed by atoms with Gasteiger partial charge in [0.2, 0.25) is 11.7 Å². The van der Waals surface area contributed by atoms with Gasteiger partial charge in [-0.1, -0.05) is 18.5 Å². The van der Waals surface area contributed by atoms with E-state index in [2.05, 4.69) is 17.1 Å². The van der Waals surface area contributed by atoms with Crippen LogP contribution in [0.5, 0.6) is 0 Å². The van der Waals surface area contributed by atoms with Crippen LogP contribution in [0.1, 0.15) is 63.8 Å². The smallest absolute Gasteiger partial charge is 0.246 e. The Morgan fingerprint density at radius 3 is 2.76 bits per heavy atom. The third-order valence-corrected chi connectivity index (χ3v) is 3.32. The zero-order valence-electron chi connectivity index (χ0n) is 10.6. The number of nitrogens with zero attached hydrogens (tertiary/aromatic N) is 2. The highest BCUT2D eigenvalue weighted by molar-refractivity contribution is 5.07. The third kappa shape index (κ3) is 2.50. The van der Waals surface area contributed by atoms with Gasteiger partial charge in [-0.15, -0.1) is 0 Å². The summed E-state index contributed by atoms with van der Waals surface area (Å²) < 4.78 is 10.9. The van der Waals surface area contributed by atoms with Crippen molar-refractivity contribution in [2.45, 2.75) is 57.6 Å². The summed E-state index contributed by atoms with van der Waals surface area (Å²) in [5.74, 6) is 1.21. The van der Waals surface area contributed by atoms with Gasteiger partial charge >= 0.3 is 0 Å². The Morgan fingerprint density at radius 2 is 2.24 bits per heavy atom. The van der Waals surface area contributed by atoms with E-state index in [0.717, 1.165) is 32.1 Å². The lowest BCUT2D eigenvalue weighted by atomic mass is 9.78. The van der Waals surface area contributed by atoms with E-state index in [-0.39, 0.29) is 11.6 Å². The first-order valence-corrected chi connectivity index (χ1v) is 6.44. The molecule has 0 amide bonds. The SMILES string of the molecule is CCCC(OCC)c1noc(C2(N)CCC2)n1. The normalized spacial score (nSPS) is 19.9. The summed E-state index contributed by atoms with van der Waals surface area (Å²) in [5.41, 5.74) is 5.77. The molecule has 0 aliphatic heterocycles. The van der Waals surface area contributed by atoms with Crippen molar-refractivity contribution < 1.29 is 9.26 Å². The van der Waals surface area contributed by atoms with E-state index in [4.69, 9.17) is 15.0 Å². The van der Waals surface area contributed by atoms with Crippen molar-refractivity contribution in [1.82, 2.24) is 10.1 Å². The molecular weight excluding hydrogens is 218 g/mol. The van der Waals surface area contributed by atoms with Crippen molar-refractivity contribution >= 4 is 0 Å². The molecular formula is C12H21N3O2. The summed E-state index contributed by atoms with van der Waals surface area (Å²) in [7, 11) is 0. The minimum Gasteiger partial charge on any atom is -0.370 e. The van der Waals surface area contributed by atoms with Gasteiger partial charge in [0.05, 0.1) is 5.54 Å². The first-order chi connectivity index (χ1) is 8.19. The molecule has 1 atom stereocenters. The van der Waals surface area contributed by atoms with Gasteiger partial charge in [-0.25, -0.2) is 0 Å². The molecule has 0 aromatic carbocycles. The van der Waals surface area contributed by atoms with E-state index in [9.17, 15) is 0 Å². The van der Waals surface area contributed by atoms with Gasteiger partial charge in [-0.3, -0.25) is 0 Å². The Bertz CT molecular complexity index is 354. The zero-order chi connectivity index (χ0) is 12.3. The zero-order valence-corrected chi connectivity index (χ0v) is 10.6. The molecule has 96 valence electrons. The van der Waals surface area contributed by atoms with Crippen molar-refractivity contribution in [3.8, 4) is 0 Å². The molecule has 5 nitrogen and oxygen atoms in total. The molecule has 1 aliphatic carbocycles. The van der Waals surface area contributed by atoms with Crippen LogP contribution < -0.4 is 5.73 Å². The second-order valence-corrected chi connectivity index (χ2v) is 4.70. The molecule has 1 heterocycles. The predicted octanol–water partition coefficient (Wildman–Crippen LogP) is 2.29. The summed E-state index contributed by atoms with van der Waals surface area (Å²) in [5, 5.41) is 4.01. The van der Waals surface area contributed by atoms with Crippen LogP contribution in [-0.2, 0) is 10.3 Å². The summed E-state index contributed by atoms with van der Waals surface area (Å²) in [4.78, 5) is 4.41. The lowest BCUT2D eigenvalue weighted by Crippen LogP contribution is -2.43.